The molecule has 1 aromatic heterocycles. The third kappa shape index (κ3) is 2.13. The minimum absolute atomic E-state index is 0.289. The molecule has 0 atom stereocenters. The molecule has 19 heavy (non-hydrogen) atoms. The molecule has 0 radical (unpaired) electrons. The van der Waals surface area contributed by atoms with Gasteiger partial charge >= 0.3 is 7.12 Å². The second kappa shape index (κ2) is 4.35. The maximum atomic E-state index is 6.13. The van der Waals surface area contributed by atoms with Crippen molar-refractivity contribution in [2.45, 2.75) is 70.6 Å². The van der Waals surface area contributed by atoms with Gasteiger partial charge in [0.05, 0.1) is 23.1 Å². The van der Waals surface area contributed by atoms with Gasteiger partial charge in [0.1, 0.15) is 0 Å². The highest BCUT2D eigenvalue weighted by Crippen LogP contribution is 2.37. The van der Waals surface area contributed by atoms with Crippen LogP contribution in [0.25, 0.3) is 0 Å². The molecule has 1 aromatic rings. The molecule has 0 bridgehead atoms. The lowest BCUT2D eigenvalue weighted by molar-refractivity contribution is 0.00578. The number of aromatic nitrogens is 2. The van der Waals surface area contributed by atoms with Crippen LogP contribution in [0, 0.1) is 0 Å². The van der Waals surface area contributed by atoms with Crippen molar-refractivity contribution < 1.29 is 9.31 Å². The summed E-state index contributed by atoms with van der Waals surface area (Å²) in [4.78, 5) is 4.31. The van der Waals surface area contributed by atoms with Crippen molar-refractivity contribution in [3.05, 3.63) is 12.5 Å². The summed E-state index contributed by atoms with van der Waals surface area (Å²) in [6.07, 6.45) is 8.92. The van der Waals surface area contributed by atoms with Gasteiger partial charge in [0.2, 0.25) is 0 Å². The molecule has 2 heterocycles. The summed E-state index contributed by atoms with van der Waals surface area (Å²) in [5.74, 6) is 0. The van der Waals surface area contributed by atoms with Crippen LogP contribution < -0.4 is 5.59 Å². The number of hydrogen-bond acceptors (Lipinski definition) is 3. The summed E-state index contributed by atoms with van der Waals surface area (Å²) in [5, 5.41) is 0. The predicted molar refractivity (Wildman–Crippen MR) is 75.4 cm³/mol. The number of imidazole rings is 1. The van der Waals surface area contributed by atoms with E-state index in [4.69, 9.17) is 9.31 Å². The molecular formula is C14H23BN2O2. The van der Waals surface area contributed by atoms with Crippen LogP contribution in [0.2, 0.25) is 0 Å². The Labute approximate surface area is 115 Å². The highest BCUT2D eigenvalue weighted by Gasteiger charge is 2.53. The van der Waals surface area contributed by atoms with Crippen LogP contribution >= 0.6 is 0 Å². The summed E-state index contributed by atoms with van der Waals surface area (Å²) in [6, 6.07) is 0.566. The van der Waals surface area contributed by atoms with Crippen molar-refractivity contribution in [3.8, 4) is 0 Å². The SMILES string of the molecule is CC1(C)OB(c2cncn2C2CCCC2)OC1(C)C. The van der Waals surface area contributed by atoms with Gasteiger partial charge in [-0.1, -0.05) is 12.8 Å². The average molecular weight is 262 g/mol. The number of nitrogens with zero attached hydrogens (tertiary/aromatic N) is 2. The van der Waals surface area contributed by atoms with Crippen LogP contribution in [-0.4, -0.2) is 27.9 Å². The van der Waals surface area contributed by atoms with Crippen molar-refractivity contribution in [2.75, 3.05) is 0 Å². The molecule has 104 valence electrons. The predicted octanol–water partition coefficient (Wildman–Crippen LogP) is 2.30. The van der Waals surface area contributed by atoms with Gasteiger partial charge in [0, 0.05) is 12.2 Å². The second-order valence-electron chi connectivity index (χ2n) is 6.75. The first-order chi connectivity index (χ1) is 8.91. The Morgan fingerprint density at radius 1 is 1.16 bits per heavy atom. The van der Waals surface area contributed by atoms with E-state index in [2.05, 4.69) is 37.2 Å². The van der Waals surface area contributed by atoms with Gasteiger partial charge in [0.25, 0.3) is 0 Å². The highest BCUT2D eigenvalue weighted by molar-refractivity contribution is 6.61. The quantitative estimate of drug-likeness (QED) is 0.767. The van der Waals surface area contributed by atoms with Gasteiger partial charge in [0.15, 0.2) is 0 Å². The normalized spacial score (nSPS) is 26.2. The van der Waals surface area contributed by atoms with Crippen LogP contribution in [-0.2, 0) is 9.31 Å². The van der Waals surface area contributed by atoms with Crippen LogP contribution in [0.3, 0.4) is 0 Å². The molecule has 0 spiro atoms. The van der Waals surface area contributed by atoms with Gasteiger partial charge in [-0.2, -0.15) is 0 Å². The molecule has 4 nitrogen and oxygen atoms in total. The fraction of sp³-hybridized carbons (Fsp3) is 0.786. The van der Waals surface area contributed by atoms with E-state index < -0.39 is 0 Å². The Morgan fingerprint density at radius 3 is 2.32 bits per heavy atom. The first-order valence-electron chi connectivity index (χ1n) is 7.28. The largest absolute Gasteiger partial charge is 0.514 e. The summed E-state index contributed by atoms with van der Waals surface area (Å²) in [5.41, 5.74) is 0.482. The van der Waals surface area contributed by atoms with E-state index in [1.54, 1.807) is 0 Å². The van der Waals surface area contributed by atoms with E-state index >= 15 is 0 Å². The average Bonchev–Trinajstić information content (AvgIpc) is 3.00. The van der Waals surface area contributed by atoms with E-state index in [-0.39, 0.29) is 18.3 Å². The van der Waals surface area contributed by atoms with Gasteiger partial charge < -0.3 is 13.9 Å². The molecule has 1 aliphatic heterocycles. The van der Waals surface area contributed by atoms with E-state index in [1.165, 1.54) is 25.7 Å². The Bertz CT molecular complexity index is 448. The highest BCUT2D eigenvalue weighted by atomic mass is 16.7. The zero-order chi connectivity index (χ0) is 13.7. The standard InChI is InChI=1S/C14H23BN2O2/c1-13(2)14(3,4)19-15(18-13)12-9-16-10-17(12)11-7-5-6-8-11/h9-11H,5-8H2,1-4H3. The molecular weight excluding hydrogens is 239 g/mol. The lowest BCUT2D eigenvalue weighted by Gasteiger charge is -2.32. The molecule has 0 aromatic carbocycles. The molecule has 1 saturated carbocycles. The second-order valence-corrected chi connectivity index (χ2v) is 6.75. The number of rotatable bonds is 2. The van der Waals surface area contributed by atoms with Crippen LogP contribution in [0.1, 0.15) is 59.4 Å². The fourth-order valence-corrected chi connectivity index (χ4v) is 2.95. The topological polar surface area (TPSA) is 36.3 Å². The molecule has 1 aliphatic carbocycles. The van der Waals surface area contributed by atoms with Crippen molar-refractivity contribution in [2.24, 2.45) is 0 Å². The molecule has 0 amide bonds. The summed E-state index contributed by atoms with van der Waals surface area (Å²) in [6.45, 7) is 8.35. The summed E-state index contributed by atoms with van der Waals surface area (Å²) < 4.78 is 14.5. The molecule has 2 fully saturated rings. The first kappa shape index (κ1) is 13.2. The van der Waals surface area contributed by atoms with Gasteiger partial charge in [-0.15, -0.1) is 0 Å². The smallest absolute Gasteiger partial charge is 0.398 e. The third-order valence-corrected chi connectivity index (χ3v) is 4.91. The van der Waals surface area contributed by atoms with Crippen molar-refractivity contribution in [3.63, 3.8) is 0 Å². The maximum absolute atomic E-state index is 6.13. The Hall–Kier alpha value is -0.805. The molecule has 0 N–H and O–H groups in total. The van der Waals surface area contributed by atoms with E-state index in [0.29, 0.717) is 6.04 Å². The van der Waals surface area contributed by atoms with Crippen LogP contribution in [0.15, 0.2) is 12.5 Å². The monoisotopic (exact) mass is 262 g/mol. The minimum atomic E-state index is -0.298. The van der Waals surface area contributed by atoms with Gasteiger partial charge in [-0.3, -0.25) is 0 Å². The summed E-state index contributed by atoms with van der Waals surface area (Å²) >= 11 is 0. The molecule has 5 heteroatoms. The Kier molecular flexibility index (Phi) is 3.02. The van der Waals surface area contributed by atoms with Gasteiger partial charge in [-0.05, 0) is 40.5 Å². The van der Waals surface area contributed by atoms with Gasteiger partial charge in [-0.25, -0.2) is 4.98 Å². The minimum Gasteiger partial charge on any atom is -0.398 e. The first-order valence-corrected chi connectivity index (χ1v) is 7.28. The zero-order valence-electron chi connectivity index (χ0n) is 12.3. The summed E-state index contributed by atoms with van der Waals surface area (Å²) in [7, 11) is -0.298. The van der Waals surface area contributed by atoms with E-state index in [9.17, 15) is 0 Å². The molecule has 0 unspecified atom stereocenters. The van der Waals surface area contributed by atoms with Crippen LogP contribution in [0.4, 0.5) is 0 Å². The Balaban J connectivity index is 1.86. The fourth-order valence-electron chi connectivity index (χ4n) is 2.95. The zero-order valence-corrected chi connectivity index (χ0v) is 12.3. The van der Waals surface area contributed by atoms with Crippen molar-refractivity contribution in [1.29, 1.82) is 0 Å². The molecule has 1 saturated heterocycles. The van der Waals surface area contributed by atoms with Crippen molar-refractivity contribution >= 4 is 12.7 Å². The lowest BCUT2D eigenvalue weighted by Crippen LogP contribution is -2.41. The molecule has 2 aliphatic rings. The Morgan fingerprint density at radius 2 is 1.74 bits per heavy atom. The van der Waals surface area contributed by atoms with E-state index in [1.807, 2.05) is 12.5 Å². The number of hydrogen-bond donors (Lipinski definition) is 0. The third-order valence-electron chi connectivity index (χ3n) is 4.91. The lowest BCUT2D eigenvalue weighted by atomic mass is 9.84. The maximum Gasteiger partial charge on any atom is 0.514 e. The van der Waals surface area contributed by atoms with Crippen molar-refractivity contribution in [1.82, 2.24) is 9.55 Å². The van der Waals surface area contributed by atoms with E-state index in [0.717, 1.165) is 5.59 Å². The molecule has 3 rings (SSSR count). The van der Waals surface area contributed by atoms with Crippen LogP contribution in [0.5, 0.6) is 0 Å².